The molecule has 0 unspecified atom stereocenters. The zero-order valence-electron chi connectivity index (χ0n) is 10.8. The Morgan fingerprint density at radius 2 is 2.11 bits per heavy atom. The average molecular weight is 264 g/mol. The van der Waals surface area contributed by atoms with Crippen molar-refractivity contribution in [3.8, 4) is 0 Å². The fourth-order valence-electron chi connectivity index (χ4n) is 1.99. The predicted octanol–water partition coefficient (Wildman–Crippen LogP) is 2.59. The lowest BCUT2D eigenvalue weighted by Gasteiger charge is -2.02. The number of aryl methyl sites for hydroxylation is 2. The van der Waals surface area contributed by atoms with E-state index in [-0.39, 0.29) is 0 Å². The van der Waals surface area contributed by atoms with Crippen LogP contribution >= 0.6 is 11.8 Å². The summed E-state index contributed by atoms with van der Waals surface area (Å²) in [4.78, 5) is 0. The van der Waals surface area contributed by atoms with Crippen LogP contribution < -0.4 is 0 Å². The van der Waals surface area contributed by atoms with E-state index in [2.05, 4.69) is 19.9 Å². The molecule has 1 fully saturated rings. The zero-order chi connectivity index (χ0) is 12.7. The minimum atomic E-state index is 0.635. The molecule has 0 spiro atoms. The number of nitrogens with zero attached hydrogens (tertiary/aromatic N) is 4. The van der Waals surface area contributed by atoms with Crippen molar-refractivity contribution in [1.29, 1.82) is 0 Å². The highest BCUT2D eigenvalue weighted by molar-refractivity contribution is 7.98. The molecule has 0 radical (unpaired) electrons. The van der Waals surface area contributed by atoms with Crippen molar-refractivity contribution < 1.29 is 4.52 Å². The number of hydrogen-bond acceptors (Lipinski definition) is 5. The van der Waals surface area contributed by atoms with Crippen molar-refractivity contribution in [1.82, 2.24) is 19.9 Å². The van der Waals surface area contributed by atoms with Crippen molar-refractivity contribution in [3.05, 3.63) is 22.8 Å². The van der Waals surface area contributed by atoms with E-state index < -0.39 is 0 Å². The van der Waals surface area contributed by atoms with Gasteiger partial charge in [0.05, 0.1) is 5.69 Å². The standard InChI is InChI=1S/C12H16N4OS/c1-7-10(8(2)17-15-7)6-18-12-14-13-11(16(12)3)9-4-5-9/h9H,4-6H2,1-3H3. The third-order valence-corrected chi connectivity index (χ3v) is 4.38. The van der Waals surface area contributed by atoms with Crippen LogP contribution in [-0.2, 0) is 12.8 Å². The molecule has 1 aliphatic rings. The van der Waals surface area contributed by atoms with Gasteiger partial charge in [-0.3, -0.25) is 0 Å². The van der Waals surface area contributed by atoms with Crippen molar-refractivity contribution in [2.24, 2.45) is 7.05 Å². The summed E-state index contributed by atoms with van der Waals surface area (Å²) in [5.41, 5.74) is 2.13. The summed E-state index contributed by atoms with van der Waals surface area (Å²) >= 11 is 1.69. The van der Waals surface area contributed by atoms with Gasteiger partial charge in [-0.15, -0.1) is 10.2 Å². The van der Waals surface area contributed by atoms with E-state index in [4.69, 9.17) is 4.52 Å². The number of hydrogen-bond donors (Lipinski definition) is 0. The first-order valence-electron chi connectivity index (χ1n) is 6.10. The molecule has 18 heavy (non-hydrogen) atoms. The molecule has 0 aromatic carbocycles. The molecule has 2 aromatic rings. The Morgan fingerprint density at radius 3 is 2.72 bits per heavy atom. The van der Waals surface area contributed by atoms with E-state index >= 15 is 0 Å². The van der Waals surface area contributed by atoms with Crippen molar-refractivity contribution >= 4 is 11.8 Å². The van der Waals surface area contributed by atoms with Gasteiger partial charge in [0, 0.05) is 24.3 Å². The maximum atomic E-state index is 5.16. The summed E-state index contributed by atoms with van der Waals surface area (Å²) in [6.07, 6.45) is 2.50. The van der Waals surface area contributed by atoms with Crippen LogP contribution in [-0.4, -0.2) is 19.9 Å². The van der Waals surface area contributed by atoms with Gasteiger partial charge < -0.3 is 9.09 Å². The van der Waals surface area contributed by atoms with Gasteiger partial charge >= 0.3 is 0 Å². The van der Waals surface area contributed by atoms with E-state index in [9.17, 15) is 0 Å². The maximum Gasteiger partial charge on any atom is 0.191 e. The van der Waals surface area contributed by atoms with Gasteiger partial charge in [-0.05, 0) is 26.7 Å². The number of thioether (sulfide) groups is 1. The summed E-state index contributed by atoms with van der Waals surface area (Å²) in [6, 6.07) is 0. The van der Waals surface area contributed by atoms with Gasteiger partial charge in [0.2, 0.25) is 0 Å². The normalized spacial score (nSPS) is 15.3. The molecule has 1 aliphatic carbocycles. The summed E-state index contributed by atoms with van der Waals surface area (Å²) in [5.74, 6) is 3.48. The van der Waals surface area contributed by atoms with E-state index in [1.54, 1.807) is 11.8 Å². The van der Waals surface area contributed by atoms with Crippen LogP contribution in [0.5, 0.6) is 0 Å². The fourth-order valence-corrected chi connectivity index (χ4v) is 3.06. The summed E-state index contributed by atoms with van der Waals surface area (Å²) in [7, 11) is 2.04. The molecule has 0 saturated heterocycles. The van der Waals surface area contributed by atoms with Crippen LogP contribution in [0.15, 0.2) is 9.68 Å². The molecule has 0 N–H and O–H groups in total. The van der Waals surface area contributed by atoms with Gasteiger partial charge in [0.15, 0.2) is 5.16 Å². The largest absolute Gasteiger partial charge is 0.361 e. The van der Waals surface area contributed by atoms with Crippen LogP contribution in [0.25, 0.3) is 0 Å². The average Bonchev–Trinajstić information content (AvgIpc) is 3.06. The summed E-state index contributed by atoms with van der Waals surface area (Å²) in [6.45, 7) is 3.92. The first-order valence-corrected chi connectivity index (χ1v) is 7.09. The van der Waals surface area contributed by atoms with Crippen LogP contribution in [0.3, 0.4) is 0 Å². The summed E-state index contributed by atoms with van der Waals surface area (Å²) in [5, 5.41) is 13.5. The molecule has 2 aromatic heterocycles. The summed E-state index contributed by atoms with van der Waals surface area (Å²) < 4.78 is 7.27. The van der Waals surface area contributed by atoms with Gasteiger partial charge in [-0.2, -0.15) is 0 Å². The smallest absolute Gasteiger partial charge is 0.191 e. The Morgan fingerprint density at radius 1 is 1.33 bits per heavy atom. The van der Waals surface area contributed by atoms with E-state index in [0.717, 1.165) is 33.8 Å². The van der Waals surface area contributed by atoms with Crippen molar-refractivity contribution in [3.63, 3.8) is 0 Å². The highest BCUT2D eigenvalue weighted by Gasteiger charge is 2.29. The van der Waals surface area contributed by atoms with E-state index in [0.29, 0.717) is 5.92 Å². The maximum absolute atomic E-state index is 5.16. The van der Waals surface area contributed by atoms with E-state index in [1.165, 1.54) is 12.8 Å². The first-order chi connectivity index (χ1) is 8.66. The molecule has 3 rings (SSSR count). The monoisotopic (exact) mass is 264 g/mol. The molecule has 0 aliphatic heterocycles. The second-order valence-corrected chi connectivity index (χ2v) is 5.71. The molecular weight excluding hydrogens is 248 g/mol. The zero-order valence-corrected chi connectivity index (χ0v) is 11.6. The SMILES string of the molecule is Cc1noc(C)c1CSc1nnc(C2CC2)n1C. The van der Waals surface area contributed by atoms with Gasteiger partial charge in [0.25, 0.3) is 0 Å². The Labute approximate surface area is 110 Å². The minimum Gasteiger partial charge on any atom is -0.361 e. The Kier molecular flexibility index (Phi) is 2.89. The number of rotatable bonds is 4. The van der Waals surface area contributed by atoms with Crippen LogP contribution in [0.4, 0.5) is 0 Å². The molecule has 96 valence electrons. The van der Waals surface area contributed by atoms with Gasteiger partial charge in [0.1, 0.15) is 11.6 Å². The third-order valence-electron chi connectivity index (χ3n) is 3.34. The van der Waals surface area contributed by atoms with E-state index in [1.807, 2.05) is 20.9 Å². The van der Waals surface area contributed by atoms with Crippen LogP contribution in [0, 0.1) is 13.8 Å². The minimum absolute atomic E-state index is 0.635. The topological polar surface area (TPSA) is 56.7 Å². The Balaban J connectivity index is 1.73. The molecule has 0 bridgehead atoms. The number of aromatic nitrogens is 4. The molecule has 6 heteroatoms. The molecule has 2 heterocycles. The fraction of sp³-hybridized carbons (Fsp3) is 0.583. The molecular formula is C12H16N4OS. The van der Waals surface area contributed by atoms with Gasteiger partial charge in [-0.25, -0.2) is 0 Å². The highest BCUT2D eigenvalue weighted by atomic mass is 32.2. The second-order valence-electron chi connectivity index (χ2n) is 4.77. The quantitative estimate of drug-likeness (QED) is 0.794. The van der Waals surface area contributed by atoms with Gasteiger partial charge in [-0.1, -0.05) is 16.9 Å². The highest BCUT2D eigenvalue weighted by Crippen LogP contribution is 2.39. The Bertz CT molecular complexity index is 551. The van der Waals surface area contributed by atoms with Crippen LogP contribution in [0.1, 0.15) is 41.6 Å². The Hall–Kier alpha value is -1.30. The van der Waals surface area contributed by atoms with Crippen LogP contribution in [0.2, 0.25) is 0 Å². The lowest BCUT2D eigenvalue weighted by Crippen LogP contribution is -1.97. The van der Waals surface area contributed by atoms with Crippen molar-refractivity contribution in [2.45, 2.75) is 43.5 Å². The second kappa shape index (κ2) is 4.42. The molecule has 1 saturated carbocycles. The lowest BCUT2D eigenvalue weighted by molar-refractivity contribution is 0.392. The molecule has 5 nitrogen and oxygen atoms in total. The molecule has 0 atom stereocenters. The first kappa shape index (κ1) is 11.8. The predicted molar refractivity (Wildman–Crippen MR) is 68.5 cm³/mol. The molecule has 0 amide bonds. The van der Waals surface area contributed by atoms with Crippen molar-refractivity contribution in [2.75, 3.05) is 0 Å². The third kappa shape index (κ3) is 2.05. The lowest BCUT2D eigenvalue weighted by atomic mass is 10.2.